The lowest BCUT2D eigenvalue weighted by Crippen LogP contribution is -2.08. The first kappa shape index (κ1) is 11.5. The second kappa shape index (κ2) is 4.92. The number of rotatable bonds is 3. The molecule has 0 bridgehead atoms. The summed E-state index contributed by atoms with van der Waals surface area (Å²) < 4.78 is 13.3. The summed E-state index contributed by atoms with van der Waals surface area (Å²) in [5.41, 5.74) is 6.16. The van der Waals surface area contributed by atoms with Crippen molar-refractivity contribution < 1.29 is 4.39 Å². The number of aromatic nitrogens is 3. The van der Waals surface area contributed by atoms with Crippen molar-refractivity contribution in [2.75, 3.05) is 11.1 Å². The van der Waals surface area contributed by atoms with Crippen molar-refractivity contribution in [3.05, 3.63) is 41.3 Å². The van der Waals surface area contributed by atoms with Gasteiger partial charge in [0.05, 0.1) is 12.2 Å². The minimum absolute atomic E-state index is 0.156. The molecule has 0 aromatic carbocycles. The van der Waals surface area contributed by atoms with Gasteiger partial charge in [0.25, 0.3) is 0 Å². The van der Waals surface area contributed by atoms with Gasteiger partial charge in [0.15, 0.2) is 11.0 Å². The van der Waals surface area contributed by atoms with E-state index in [1.165, 1.54) is 24.7 Å². The van der Waals surface area contributed by atoms with Crippen LogP contribution in [-0.2, 0) is 6.54 Å². The number of halogens is 2. The van der Waals surface area contributed by atoms with Crippen molar-refractivity contribution in [2.45, 2.75) is 6.54 Å². The molecule has 17 heavy (non-hydrogen) atoms. The number of nitrogens with one attached hydrogen (secondary N) is 1. The Bertz CT molecular complexity index is 534. The van der Waals surface area contributed by atoms with Crippen molar-refractivity contribution >= 4 is 23.1 Å². The molecule has 2 heterocycles. The van der Waals surface area contributed by atoms with Gasteiger partial charge in [0.2, 0.25) is 0 Å². The Hall–Kier alpha value is -1.95. The van der Waals surface area contributed by atoms with Gasteiger partial charge in [-0.25, -0.2) is 14.4 Å². The average molecular weight is 254 g/mol. The number of nitrogens with two attached hydrogens (primary N) is 1. The average Bonchev–Trinajstić information content (AvgIpc) is 2.33. The Morgan fingerprint density at radius 2 is 2.18 bits per heavy atom. The van der Waals surface area contributed by atoms with Gasteiger partial charge in [-0.1, -0.05) is 11.6 Å². The highest BCUT2D eigenvalue weighted by Crippen LogP contribution is 2.22. The van der Waals surface area contributed by atoms with E-state index in [0.717, 1.165) is 0 Å². The number of nitrogen functional groups attached to an aromatic ring is 1. The molecule has 0 atom stereocenters. The molecule has 88 valence electrons. The van der Waals surface area contributed by atoms with E-state index in [4.69, 9.17) is 17.3 Å². The predicted molar refractivity (Wildman–Crippen MR) is 63.0 cm³/mol. The normalized spacial score (nSPS) is 10.2. The summed E-state index contributed by atoms with van der Waals surface area (Å²) in [6.45, 7) is 0.171. The quantitative estimate of drug-likeness (QED) is 0.817. The summed E-state index contributed by atoms with van der Waals surface area (Å²) in [7, 11) is 0. The summed E-state index contributed by atoms with van der Waals surface area (Å²) in [5.74, 6) is -0.0335. The molecule has 7 heteroatoms. The van der Waals surface area contributed by atoms with Crippen LogP contribution in [0.5, 0.6) is 0 Å². The number of nitrogens with zero attached hydrogens (tertiary/aromatic N) is 3. The molecule has 0 aliphatic carbocycles. The largest absolute Gasteiger partial charge is 0.393 e. The van der Waals surface area contributed by atoms with E-state index in [-0.39, 0.29) is 23.1 Å². The summed E-state index contributed by atoms with van der Waals surface area (Å²) >= 11 is 5.72. The van der Waals surface area contributed by atoms with Gasteiger partial charge in [-0.2, -0.15) is 0 Å². The number of anilines is 2. The van der Waals surface area contributed by atoms with Crippen molar-refractivity contribution in [2.24, 2.45) is 0 Å². The van der Waals surface area contributed by atoms with E-state index in [0.29, 0.717) is 5.82 Å². The molecule has 2 aromatic heterocycles. The van der Waals surface area contributed by atoms with E-state index >= 15 is 0 Å². The molecule has 3 N–H and O–H groups in total. The zero-order valence-corrected chi connectivity index (χ0v) is 9.45. The van der Waals surface area contributed by atoms with Crippen molar-refractivity contribution in [1.82, 2.24) is 15.0 Å². The van der Waals surface area contributed by atoms with E-state index in [2.05, 4.69) is 20.3 Å². The SMILES string of the molecule is Nc1c(Cl)ncnc1NCc1ncccc1F. The first-order chi connectivity index (χ1) is 8.18. The zero-order valence-electron chi connectivity index (χ0n) is 8.69. The van der Waals surface area contributed by atoms with Gasteiger partial charge in [0, 0.05) is 6.20 Å². The van der Waals surface area contributed by atoms with E-state index in [9.17, 15) is 4.39 Å². The molecule has 2 rings (SSSR count). The smallest absolute Gasteiger partial charge is 0.157 e. The van der Waals surface area contributed by atoms with Crippen LogP contribution in [0, 0.1) is 5.82 Å². The maximum absolute atomic E-state index is 13.3. The van der Waals surface area contributed by atoms with E-state index in [1.807, 2.05) is 0 Å². The molecule has 0 radical (unpaired) electrons. The monoisotopic (exact) mass is 253 g/mol. The fraction of sp³-hybridized carbons (Fsp3) is 0.100. The fourth-order valence-corrected chi connectivity index (χ4v) is 1.36. The Kier molecular flexibility index (Phi) is 3.34. The van der Waals surface area contributed by atoms with Gasteiger partial charge in [0.1, 0.15) is 17.8 Å². The Labute approximate surface area is 102 Å². The van der Waals surface area contributed by atoms with Crippen molar-refractivity contribution in [1.29, 1.82) is 0 Å². The summed E-state index contributed by atoms with van der Waals surface area (Å²) in [6.07, 6.45) is 2.78. The van der Waals surface area contributed by atoms with Gasteiger partial charge < -0.3 is 11.1 Å². The highest BCUT2D eigenvalue weighted by molar-refractivity contribution is 6.32. The Morgan fingerprint density at radius 1 is 1.35 bits per heavy atom. The number of hydrogen-bond acceptors (Lipinski definition) is 5. The van der Waals surface area contributed by atoms with Gasteiger partial charge in [-0.15, -0.1) is 0 Å². The summed E-state index contributed by atoms with van der Waals surface area (Å²) in [5, 5.41) is 3.00. The molecule has 0 unspecified atom stereocenters. The Balaban J connectivity index is 2.13. The first-order valence-electron chi connectivity index (χ1n) is 4.77. The van der Waals surface area contributed by atoms with Crippen LogP contribution in [-0.4, -0.2) is 15.0 Å². The van der Waals surface area contributed by atoms with Gasteiger partial charge in [-0.05, 0) is 12.1 Å². The maximum Gasteiger partial charge on any atom is 0.157 e. The van der Waals surface area contributed by atoms with Crippen LogP contribution in [0.1, 0.15) is 5.69 Å². The van der Waals surface area contributed by atoms with Gasteiger partial charge in [-0.3, -0.25) is 4.98 Å². The third kappa shape index (κ3) is 2.59. The first-order valence-corrected chi connectivity index (χ1v) is 5.15. The molecule has 0 amide bonds. The lowest BCUT2D eigenvalue weighted by atomic mass is 10.3. The minimum atomic E-state index is -0.390. The third-order valence-corrected chi connectivity index (χ3v) is 2.39. The zero-order chi connectivity index (χ0) is 12.3. The van der Waals surface area contributed by atoms with Crippen LogP contribution in [0.25, 0.3) is 0 Å². The van der Waals surface area contributed by atoms with Crippen LogP contribution in [0.3, 0.4) is 0 Å². The van der Waals surface area contributed by atoms with Gasteiger partial charge >= 0.3 is 0 Å². The van der Waals surface area contributed by atoms with Crippen LogP contribution < -0.4 is 11.1 Å². The third-order valence-electron chi connectivity index (χ3n) is 2.09. The number of hydrogen-bond donors (Lipinski definition) is 2. The highest BCUT2D eigenvalue weighted by Gasteiger charge is 2.07. The molecule has 0 saturated heterocycles. The molecular weight excluding hydrogens is 245 g/mol. The van der Waals surface area contributed by atoms with Crippen molar-refractivity contribution in [3.8, 4) is 0 Å². The van der Waals surface area contributed by atoms with Crippen LogP contribution in [0.15, 0.2) is 24.7 Å². The second-order valence-electron chi connectivity index (χ2n) is 3.21. The lowest BCUT2D eigenvalue weighted by Gasteiger charge is -2.08. The molecule has 0 aliphatic rings. The topological polar surface area (TPSA) is 76.7 Å². The molecule has 0 fully saturated rings. The molecular formula is C10H9ClFN5. The predicted octanol–water partition coefficient (Wildman–Crippen LogP) is 1.86. The number of pyridine rings is 1. The molecule has 5 nitrogen and oxygen atoms in total. The lowest BCUT2D eigenvalue weighted by molar-refractivity contribution is 0.602. The Morgan fingerprint density at radius 3 is 2.94 bits per heavy atom. The summed E-state index contributed by atoms with van der Waals surface area (Å²) in [4.78, 5) is 11.5. The molecule has 2 aromatic rings. The van der Waals surface area contributed by atoms with Crippen molar-refractivity contribution in [3.63, 3.8) is 0 Å². The maximum atomic E-state index is 13.3. The van der Waals surface area contributed by atoms with Crippen LogP contribution in [0.4, 0.5) is 15.9 Å². The highest BCUT2D eigenvalue weighted by atomic mass is 35.5. The summed E-state index contributed by atoms with van der Waals surface area (Å²) in [6, 6.07) is 2.86. The van der Waals surface area contributed by atoms with Crippen LogP contribution >= 0.6 is 11.6 Å². The molecule has 0 aliphatic heterocycles. The molecule has 0 saturated carbocycles. The second-order valence-corrected chi connectivity index (χ2v) is 3.57. The van der Waals surface area contributed by atoms with E-state index < -0.39 is 5.82 Å². The molecule has 0 spiro atoms. The van der Waals surface area contributed by atoms with E-state index in [1.54, 1.807) is 0 Å². The standard InChI is InChI=1S/C10H9ClFN5/c11-9-8(13)10(17-5-16-9)15-4-7-6(12)2-1-3-14-7/h1-3,5H,4,13H2,(H,15,16,17). The minimum Gasteiger partial charge on any atom is -0.393 e. The van der Waals surface area contributed by atoms with Crippen LogP contribution in [0.2, 0.25) is 5.15 Å². The fourth-order valence-electron chi connectivity index (χ4n) is 1.23.